The van der Waals surface area contributed by atoms with E-state index in [-0.39, 0.29) is 36.9 Å². The first-order valence-electron chi connectivity index (χ1n) is 15.1. The second-order valence-electron chi connectivity index (χ2n) is 12.8. The summed E-state index contributed by atoms with van der Waals surface area (Å²) in [5.74, 6) is -2.23. The quantitative estimate of drug-likeness (QED) is 0.347. The normalized spacial score (nSPS) is 28.1. The molecule has 1 aromatic heterocycles. The van der Waals surface area contributed by atoms with E-state index in [1.807, 2.05) is 12.2 Å². The number of ether oxygens (including phenoxy) is 1. The summed E-state index contributed by atoms with van der Waals surface area (Å²) < 4.78 is 5.88. The molecule has 4 N–H and O–H groups in total. The van der Waals surface area contributed by atoms with Crippen molar-refractivity contribution in [1.82, 2.24) is 35.7 Å². The lowest BCUT2D eigenvalue weighted by atomic mass is 10.0. The molecule has 242 valence electrons. The third kappa shape index (κ3) is 7.29. The van der Waals surface area contributed by atoms with Crippen LogP contribution in [0.4, 0.5) is 4.79 Å². The van der Waals surface area contributed by atoms with Crippen molar-refractivity contribution < 1.29 is 34.1 Å². The number of fused-ring (bicyclic) bond motifs is 2. The Balaban J connectivity index is 1.45. The van der Waals surface area contributed by atoms with E-state index in [1.165, 1.54) is 15.8 Å². The van der Waals surface area contributed by atoms with Crippen molar-refractivity contribution in [2.45, 2.75) is 95.0 Å². The Morgan fingerprint density at radius 2 is 1.98 bits per heavy atom. The third-order valence-electron chi connectivity index (χ3n) is 8.29. The average molecular weight is 689 g/mol. The molecule has 3 aliphatic rings. The fourth-order valence-corrected chi connectivity index (χ4v) is 6.22. The van der Waals surface area contributed by atoms with E-state index >= 15 is 0 Å². The predicted octanol–water partition coefficient (Wildman–Crippen LogP) is 3.32. The van der Waals surface area contributed by atoms with Gasteiger partial charge in [0.1, 0.15) is 29.0 Å². The topological polar surface area (TPSA) is 189 Å². The van der Waals surface area contributed by atoms with Crippen LogP contribution in [-0.4, -0.2) is 89.0 Å². The molecule has 5 atom stereocenters. The van der Waals surface area contributed by atoms with E-state index in [2.05, 4.69) is 42.0 Å². The highest BCUT2D eigenvalue weighted by molar-refractivity contribution is 9.10. The number of hydrogen-bond acceptors (Lipinski definition) is 9. The van der Waals surface area contributed by atoms with Crippen LogP contribution in [0.3, 0.4) is 0 Å². The number of tetrazole rings is 1. The minimum absolute atomic E-state index is 0.0297. The molecule has 14 nitrogen and oxygen atoms in total. The maximum Gasteiger partial charge on any atom is 0.408 e. The Morgan fingerprint density at radius 1 is 1.20 bits per heavy atom. The molecule has 0 spiro atoms. The number of phenolic OH excluding ortho intramolecular Hbond substituents is 1. The highest BCUT2D eigenvalue weighted by Crippen LogP contribution is 2.45. The van der Waals surface area contributed by atoms with Crippen LogP contribution in [0.25, 0.3) is 11.4 Å². The summed E-state index contributed by atoms with van der Waals surface area (Å²) in [6.45, 7) is 5.21. The molecule has 2 aliphatic heterocycles. The number of phenols is 1. The maximum absolute atomic E-state index is 14.1. The van der Waals surface area contributed by atoms with Crippen LogP contribution in [0.15, 0.2) is 34.8 Å². The van der Waals surface area contributed by atoms with Gasteiger partial charge in [-0.25, -0.2) is 9.59 Å². The summed E-state index contributed by atoms with van der Waals surface area (Å²) in [4.78, 5) is 55.8. The Bertz CT molecular complexity index is 1510. The van der Waals surface area contributed by atoms with Crippen LogP contribution in [0, 0.1) is 5.92 Å². The van der Waals surface area contributed by atoms with E-state index in [9.17, 15) is 29.4 Å². The number of benzene rings is 1. The number of alkyl carbamates (subject to hydrolysis) is 1. The van der Waals surface area contributed by atoms with Crippen LogP contribution < -0.4 is 10.6 Å². The third-order valence-corrected chi connectivity index (χ3v) is 8.92. The summed E-state index contributed by atoms with van der Waals surface area (Å²) in [5, 5.41) is 38.2. The number of carboxylic acids is 1. The van der Waals surface area contributed by atoms with Gasteiger partial charge in [0.05, 0.1) is 10.5 Å². The van der Waals surface area contributed by atoms with Crippen molar-refractivity contribution in [2.24, 2.45) is 5.92 Å². The number of nitrogens with one attached hydrogen (secondary N) is 2. The number of aromatic nitrogens is 4. The summed E-state index contributed by atoms with van der Waals surface area (Å²) >= 11 is 3.28. The SMILES string of the molecule is CC(C)(C)OC(=O)N[C@H]1CCCCC/C=C\[C@H]2C[C@@]2(C(=O)O)NC(=O)[C@@H]2C[C@@H](n3nnc(-c4ccc(O)c(Br)c4)n3)CN2C1=O. The van der Waals surface area contributed by atoms with Crippen LogP contribution in [-0.2, 0) is 19.1 Å². The molecule has 0 radical (unpaired) electrons. The number of rotatable bonds is 4. The van der Waals surface area contributed by atoms with Gasteiger partial charge in [-0.15, -0.1) is 10.2 Å². The Hall–Kier alpha value is -4.01. The predicted molar refractivity (Wildman–Crippen MR) is 164 cm³/mol. The smallest absolute Gasteiger partial charge is 0.408 e. The lowest BCUT2D eigenvalue weighted by molar-refractivity contribution is -0.145. The van der Waals surface area contributed by atoms with Crippen molar-refractivity contribution in [1.29, 1.82) is 0 Å². The lowest BCUT2D eigenvalue weighted by Crippen LogP contribution is -2.56. The van der Waals surface area contributed by atoms with Gasteiger partial charge in [0.15, 0.2) is 0 Å². The number of carbonyl (C=O) groups is 4. The molecule has 3 heterocycles. The van der Waals surface area contributed by atoms with Crippen LogP contribution >= 0.6 is 15.9 Å². The van der Waals surface area contributed by atoms with Crippen molar-refractivity contribution in [3.05, 3.63) is 34.8 Å². The number of nitrogens with zero attached hydrogens (tertiary/aromatic N) is 5. The molecule has 1 saturated carbocycles. The molecule has 2 fully saturated rings. The molecule has 2 aromatic rings. The molecule has 0 unspecified atom stereocenters. The fourth-order valence-electron chi connectivity index (χ4n) is 5.84. The molecule has 1 aromatic carbocycles. The van der Waals surface area contributed by atoms with Crippen molar-refractivity contribution >= 4 is 39.8 Å². The number of amides is 3. The highest BCUT2D eigenvalue weighted by Gasteiger charge is 2.61. The fraction of sp³-hybridized carbons (Fsp3) is 0.567. The van der Waals surface area contributed by atoms with Crippen molar-refractivity contribution in [3.8, 4) is 17.1 Å². The molecular formula is C30H38BrN7O7. The zero-order valence-corrected chi connectivity index (χ0v) is 27.0. The molecule has 1 aliphatic carbocycles. The largest absolute Gasteiger partial charge is 0.507 e. The standard InChI is InChI=1S/C30H38BrN7O7/c1-29(2,3)45-28(44)32-21-10-8-6-4-5-7-9-18-15-30(18,27(42)43)33-25(40)22-14-19(16-37(22)26(21)41)38-35-24(34-36-38)17-11-12-23(39)20(31)13-17/h7,9,11-13,18-19,21-22,39H,4-6,8,10,14-16H2,1-3H3,(H,32,44)(H,33,40)(H,42,43)/b9-7-/t18-,19+,21-,22-,30+/m0/s1. The molecule has 15 heteroatoms. The van der Waals surface area contributed by atoms with Gasteiger partial charge in [-0.3, -0.25) is 9.59 Å². The Labute approximate surface area is 268 Å². The van der Waals surface area contributed by atoms with Crippen LogP contribution in [0.2, 0.25) is 0 Å². The minimum Gasteiger partial charge on any atom is -0.507 e. The number of aliphatic carboxylic acids is 1. The summed E-state index contributed by atoms with van der Waals surface area (Å²) in [6.07, 6.45) is 6.75. The average Bonchev–Trinajstić information content (AvgIpc) is 3.28. The molecule has 45 heavy (non-hydrogen) atoms. The van der Waals surface area contributed by atoms with Crippen molar-refractivity contribution in [3.63, 3.8) is 0 Å². The number of hydrogen-bond donors (Lipinski definition) is 4. The van der Waals surface area contributed by atoms with Crippen LogP contribution in [0.1, 0.15) is 71.8 Å². The van der Waals surface area contributed by atoms with Gasteiger partial charge in [-0.2, -0.15) is 4.80 Å². The zero-order chi connectivity index (χ0) is 32.5. The van der Waals surface area contributed by atoms with Crippen LogP contribution in [0.5, 0.6) is 5.75 Å². The first-order valence-corrected chi connectivity index (χ1v) is 15.9. The van der Waals surface area contributed by atoms with Gasteiger partial charge in [0.2, 0.25) is 17.6 Å². The Morgan fingerprint density at radius 3 is 2.69 bits per heavy atom. The summed E-state index contributed by atoms with van der Waals surface area (Å²) in [7, 11) is 0. The Kier molecular flexibility index (Phi) is 9.19. The molecular weight excluding hydrogens is 650 g/mol. The first-order chi connectivity index (χ1) is 21.3. The summed E-state index contributed by atoms with van der Waals surface area (Å²) in [5.41, 5.74) is -1.64. The number of aromatic hydroxyl groups is 1. The second kappa shape index (κ2) is 12.8. The van der Waals surface area contributed by atoms with Gasteiger partial charge < -0.3 is 30.5 Å². The first kappa shape index (κ1) is 32.4. The molecule has 3 amide bonds. The van der Waals surface area contributed by atoms with E-state index in [0.29, 0.717) is 22.9 Å². The number of carbonyl (C=O) groups excluding carboxylic acids is 3. The molecule has 1 saturated heterocycles. The van der Waals surface area contributed by atoms with Gasteiger partial charge in [-0.05, 0) is 85.8 Å². The van der Waals surface area contributed by atoms with E-state index in [1.54, 1.807) is 32.9 Å². The van der Waals surface area contributed by atoms with E-state index in [0.717, 1.165) is 19.3 Å². The van der Waals surface area contributed by atoms with Gasteiger partial charge >= 0.3 is 12.1 Å². The van der Waals surface area contributed by atoms with Gasteiger partial charge in [-0.1, -0.05) is 25.0 Å². The summed E-state index contributed by atoms with van der Waals surface area (Å²) in [6, 6.07) is 2.19. The highest BCUT2D eigenvalue weighted by atomic mass is 79.9. The van der Waals surface area contributed by atoms with Gasteiger partial charge in [0.25, 0.3) is 0 Å². The zero-order valence-electron chi connectivity index (χ0n) is 25.4. The number of allylic oxidation sites excluding steroid dienone is 1. The van der Waals surface area contributed by atoms with E-state index in [4.69, 9.17) is 4.74 Å². The lowest BCUT2D eigenvalue weighted by Gasteiger charge is -2.30. The maximum atomic E-state index is 14.1. The number of carboxylic acid groups (broad SMARTS) is 1. The monoisotopic (exact) mass is 687 g/mol. The molecule has 5 rings (SSSR count). The number of halogens is 1. The second-order valence-corrected chi connectivity index (χ2v) is 13.7. The van der Waals surface area contributed by atoms with E-state index < -0.39 is 53.1 Å². The van der Waals surface area contributed by atoms with Crippen molar-refractivity contribution in [2.75, 3.05) is 6.54 Å². The minimum atomic E-state index is -1.44. The molecule has 0 bridgehead atoms. The van der Waals surface area contributed by atoms with Gasteiger partial charge in [0, 0.05) is 24.4 Å².